The van der Waals surface area contributed by atoms with Crippen LogP contribution in [0, 0.1) is 0 Å². The van der Waals surface area contributed by atoms with Gasteiger partial charge in [-0.15, -0.1) is 0 Å². The highest BCUT2D eigenvalue weighted by atomic mass is 16.7. The molecule has 7 atom stereocenters. The molecule has 484 valence electrons. The fourth-order valence-electron chi connectivity index (χ4n) is 10.0. The molecule has 85 heavy (non-hydrogen) atoms. The van der Waals surface area contributed by atoms with Crippen molar-refractivity contribution in [3.05, 3.63) is 146 Å². The highest BCUT2D eigenvalue weighted by Gasteiger charge is 2.44. The number of carbonyl (C=O) groups is 1. The largest absolute Gasteiger partial charge is 0.394 e. The Bertz CT molecular complexity index is 1850. The van der Waals surface area contributed by atoms with Crippen LogP contribution in [0.3, 0.4) is 0 Å². The minimum absolute atomic E-state index is 0.195. The second-order valence-electron chi connectivity index (χ2n) is 23.2. The molecule has 7 unspecified atom stereocenters. The monoisotopic (exact) mass is 1180 g/mol. The van der Waals surface area contributed by atoms with E-state index in [-0.39, 0.29) is 12.5 Å². The van der Waals surface area contributed by atoms with E-state index < -0.39 is 49.5 Å². The maximum Gasteiger partial charge on any atom is 0.220 e. The van der Waals surface area contributed by atoms with Gasteiger partial charge in [0.05, 0.1) is 25.4 Å². The molecule has 0 aromatic rings. The van der Waals surface area contributed by atoms with Crippen LogP contribution in [-0.2, 0) is 14.3 Å². The number of ether oxygens (including phenoxy) is 2. The van der Waals surface area contributed by atoms with E-state index in [4.69, 9.17) is 9.47 Å². The highest BCUT2D eigenvalue weighted by Crippen LogP contribution is 2.23. The van der Waals surface area contributed by atoms with Crippen LogP contribution in [0.25, 0.3) is 0 Å². The van der Waals surface area contributed by atoms with Crippen molar-refractivity contribution in [3.8, 4) is 0 Å². The van der Waals surface area contributed by atoms with Gasteiger partial charge in [0.25, 0.3) is 0 Å². The number of hydrogen-bond acceptors (Lipinski definition) is 8. The van der Waals surface area contributed by atoms with Gasteiger partial charge in [-0.1, -0.05) is 301 Å². The molecule has 1 saturated heterocycles. The molecule has 0 bridgehead atoms. The number of aliphatic hydroxyl groups excluding tert-OH is 5. The van der Waals surface area contributed by atoms with Crippen molar-refractivity contribution in [1.82, 2.24) is 5.32 Å². The Morgan fingerprint density at radius 1 is 0.412 bits per heavy atom. The molecule has 0 spiro atoms. The summed E-state index contributed by atoms with van der Waals surface area (Å²) >= 11 is 0. The topological polar surface area (TPSA) is 149 Å². The summed E-state index contributed by atoms with van der Waals surface area (Å²) in [5.74, 6) is -0.195. The highest BCUT2D eigenvalue weighted by molar-refractivity contribution is 5.76. The van der Waals surface area contributed by atoms with Crippen LogP contribution in [0.5, 0.6) is 0 Å². The van der Waals surface area contributed by atoms with Gasteiger partial charge < -0.3 is 40.3 Å². The average molecular weight is 1180 g/mol. The van der Waals surface area contributed by atoms with Crippen LogP contribution < -0.4 is 5.32 Å². The fraction of sp³-hybridized carbons (Fsp3) is 0.671. The SMILES string of the molecule is CC/C=C\C/C=C\C/C=C\C/C=C\C/C=C\C/C=C\C/C=C\C/C=C\C/C=C\C/C=C\CCCCCCCCCCCCC(=O)NC(COC1OC(CO)C(O)C(O)C1O)C(O)/C=C/CC/C=C/CCCCCCCCCCCCCCCCC. The van der Waals surface area contributed by atoms with Gasteiger partial charge in [-0.05, 0) is 109 Å². The summed E-state index contributed by atoms with van der Waals surface area (Å²) in [5.41, 5.74) is 0. The summed E-state index contributed by atoms with van der Waals surface area (Å²) in [6.07, 6.45) is 90.8. The Balaban J connectivity index is 2.16. The predicted octanol–water partition coefficient (Wildman–Crippen LogP) is 19.0. The first kappa shape index (κ1) is 79.1. The van der Waals surface area contributed by atoms with E-state index in [1.54, 1.807) is 6.08 Å². The minimum Gasteiger partial charge on any atom is -0.394 e. The molecule has 9 nitrogen and oxygen atoms in total. The van der Waals surface area contributed by atoms with Crippen molar-refractivity contribution in [1.29, 1.82) is 0 Å². The van der Waals surface area contributed by atoms with Crippen LogP contribution in [-0.4, -0.2) is 87.5 Å². The zero-order chi connectivity index (χ0) is 61.4. The number of rotatable bonds is 58. The lowest BCUT2D eigenvalue weighted by Crippen LogP contribution is -2.60. The molecule has 6 N–H and O–H groups in total. The van der Waals surface area contributed by atoms with Crippen molar-refractivity contribution < 1.29 is 39.8 Å². The first-order valence-corrected chi connectivity index (χ1v) is 34.6. The number of allylic oxidation sites excluding steroid dienone is 23. The molecule has 1 aliphatic rings. The van der Waals surface area contributed by atoms with Crippen molar-refractivity contribution in [2.45, 2.75) is 314 Å². The van der Waals surface area contributed by atoms with E-state index in [9.17, 15) is 30.3 Å². The number of nitrogens with one attached hydrogen (secondary N) is 1. The zero-order valence-corrected chi connectivity index (χ0v) is 54.1. The Hall–Kier alpha value is -3.93. The van der Waals surface area contributed by atoms with E-state index in [2.05, 4.69) is 153 Å². The molecular formula is C76H127NO8. The van der Waals surface area contributed by atoms with Crippen LogP contribution in [0.1, 0.15) is 271 Å². The van der Waals surface area contributed by atoms with Gasteiger partial charge >= 0.3 is 0 Å². The molecule has 1 rings (SSSR count). The molecule has 9 heteroatoms. The van der Waals surface area contributed by atoms with Gasteiger partial charge in [-0.25, -0.2) is 0 Å². The summed E-state index contributed by atoms with van der Waals surface area (Å²) < 4.78 is 11.3. The molecule has 1 amide bonds. The minimum atomic E-state index is -1.58. The fourth-order valence-corrected chi connectivity index (χ4v) is 10.0. The maximum absolute atomic E-state index is 13.1. The molecule has 0 radical (unpaired) electrons. The Morgan fingerprint density at radius 2 is 0.741 bits per heavy atom. The Kier molecular flexibility index (Phi) is 58.7. The lowest BCUT2D eigenvalue weighted by atomic mass is 9.99. The molecule has 0 aromatic carbocycles. The third-order valence-corrected chi connectivity index (χ3v) is 15.4. The number of amides is 1. The van der Waals surface area contributed by atoms with E-state index in [1.165, 1.54) is 135 Å². The predicted molar refractivity (Wildman–Crippen MR) is 363 cm³/mol. The number of aliphatic hydroxyl groups is 5. The summed E-state index contributed by atoms with van der Waals surface area (Å²) in [4.78, 5) is 13.1. The third-order valence-electron chi connectivity index (χ3n) is 15.4. The lowest BCUT2D eigenvalue weighted by Gasteiger charge is -2.40. The van der Waals surface area contributed by atoms with Crippen molar-refractivity contribution in [2.75, 3.05) is 13.2 Å². The third kappa shape index (κ3) is 51.8. The second-order valence-corrected chi connectivity index (χ2v) is 23.2. The van der Waals surface area contributed by atoms with Crippen LogP contribution in [0.15, 0.2) is 146 Å². The van der Waals surface area contributed by atoms with E-state index in [1.807, 2.05) is 6.08 Å². The quantitative estimate of drug-likeness (QED) is 0.0261. The summed E-state index contributed by atoms with van der Waals surface area (Å²) in [5, 5.41) is 54.7. The van der Waals surface area contributed by atoms with Gasteiger partial charge in [-0.3, -0.25) is 4.79 Å². The summed E-state index contributed by atoms with van der Waals surface area (Å²) in [7, 11) is 0. The van der Waals surface area contributed by atoms with E-state index >= 15 is 0 Å². The molecule has 1 heterocycles. The maximum atomic E-state index is 13.1. The normalized spacial score (nSPS) is 19.1. The molecular weight excluding hydrogens is 1050 g/mol. The Morgan fingerprint density at radius 3 is 1.13 bits per heavy atom. The average Bonchev–Trinajstić information content (AvgIpc) is 3.68. The molecule has 1 fully saturated rings. The van der Waals surface area contributed by atoms with Crippen molar-refractivity contribution in [2.24, 2.45) is 0 Å². The van der Waals surface area contributed by atoms with E-state index in [0.717, 1.165) is 116 Å². The Labute approximate surface area is 521 Å². The van der Waals surface area contributed by atoms with Gasteiger partial charge in [0, 0.05) is 6.42 Å². The number of carbonyl (C=O) groups excluding carboxylic acids is 1. The summed E-state index contributed by atoms with van der Waals surface area (Å²) in [6, 6.07) is -0.835. The van der Waals surface area contributed by atoms with Gasteiger partial charge in [-0.2, -0.15) is 0 Å². The van der Waals surface area contributed by atoms with E-state index in [0.29, 0.717) is 6.42 Å². The van der Waals surface area contributed by atoms with Crippen LogP contribution in [0.2, 0.25) is 0 Å². The van der Waals surface area contributed by atoms with Crippen LogP contribution >= 0.6 is 0 Å². The molecule has 1 aliphatic heterocycles. The lowest BCUT2D eigenvalue weighted by molar-refractivity contribution is -0.302. The van der Waals surface area contributed by atoms with Gasteiger partial charge in [0.1, 0.15) is 24.4 Å². The van der Waals surface area contributed by atoms with Crippen LogP contribution in [0.4, 0.5) is 0 Å². The van der Waals surface area contributed by atoms with Crippen molar-refractivity contribution in [3.63, 3.8) is 0 Å². The van der Waals surface area contributed by atoms with Crippen molar-refractivity contribution >= 4 is 5.91 Å². The number of unbranched alkanes of at least 4 members (excludes halogenated alkanes) is 26. The first-order valence-electron chi connectivity index (χ1n) is 34.6. The number of hydrogen-bond donors (Lipinski definition) is 6. The molecule has 0 aromatic heterocycles. The molecule has 0 aliphatic carbocycles. The van der Waals surface area contributed by atoms with Gasteiger partial charge in [0.2, 0.25) is 5.91 Å². The smallest absolute Gasteiger partial charge is 0.220 e. The second kappa shape index (κ2) is 63.1. The zero-order valence-electron chi connectivity index (χ0n) is 54.1. The summed E-state index contributed by atoms with van der Waals surface area (Å²) in [6.45, 7) is 3.66. The van der Waals surface area contributed by atoms with Gasteiger partial charge in [0.15, 0.2) is 6.29 Å². The molecule has 0 saturated carbocycles. The standard InChI is InChI=1S/C76H127NO8/c1-3-5-7-9-11-13-15-17-19-21-23-25-26-27-28-29-30-31-32-33-34-35-36-37-38-39-40-41-42-43-44-46-48-50-52-54-56-58-60-62-64-66-72(80)77-69(68-84-76-75(83)74(82)73(81)71(67-78)85-76)70(79)65-63-61-59-57-55-53-51-49-47-45-24-22-20-18-16-14-12-10-8-6-4-2/h5,7,11,13,17,19,23,25,27-28,30-31,33-34,36-37,39-40,42-43,55,57,63,65,69-71,73-76,78-79,81-83H,3-4,6,8-10,12,14-16,18,20-22,24,26,29,32,35,38,41,44-54,56,58-62,64,66-68H2,1-2H3,(H,77,80)/b7-5-,13-11-,19-17-,25-23-,28-27-,31-30-,34-33-,37-36-,40-39-,43-42-,57-55+,65-63+. The first-order chi connectivity index (χ1) is 41.8.